The lowest BCUT2D eigenvalue weighted by Crippen LogP contribution is -2.56. The second-order valence-corrected chi connectivity index (χ2v) is 15.4. The molecule has 280 valence electrons. The van der Waals surface area contributed by atoms with Gasteiger partial charge in [0, 0.05) is 37.3 Å². The Morgan fingerprint density at radius 1 is 1.06 bits per heavy atom. The predicted molar refractivity (Wildman–Crippen MR) is 191 cm³/mol. The average Bonchev–Trinajstić information content (AvgIpc) is 3.39. The van der Waals surface area contributed by atoms with E-state index >= 15 is 0 Å². The molecule has 1 aromatic carbocycles. The van der Waals surface area contributed by atoms with Crippen LogP contribution < -0.4 is 21.0 Å². The minimum atomic E-state index is -1.02. The van der Waals surface area contributed by atoms with Gasteiger partial charge in [-0.2, -0.15) is 0 Å². The third-order valence-corrected chi connectivity index (χ3v) is 10.4. The van der Waals surface area contributed by atoms with Gasteiger partial charge in [-0.05, 0) is 64.7 Å². The molecule has 0 spiro atoms. The van der Waals surface area contributed by atoms with Crippen LogP contribution in [0, 0.1) is 17.8 Å². The second kappa shape index (κ2) is 15.4. The van der Waals surface area contributed by atoms with Gasteiger partial charge in [0.15, 0.2) is 5.75 Å². The summed E-state index contributed by atoms with van der Waals surface area (Å²) in [5.41, 5.74) is 1.71. The van der Waals surface area contributed by atoms with Crippen molar-refractivity contribution in [3.8, 4) is 5.75 Å². The topological polar surface area (TPSA) is 139 Å². The summed E-state index contributed by atoms with van der Waals surface area (Å²) in [5.74, 6) is -1.24. The van der Waals surface area contributed by atoms with E-state index < -0.39 is 59.2 Å². The molecule has 12 nitrogen and oxygen atoms in total. The summed E-state index contributed by atoms with van der Waals surface area (Å²) < 4.78 is 25.9. The number of carbonyl (C=O) groups excluding carboxylic acids is 4. The Hall–Kier alpha value is -4.81. The van der Waals surface area contributed by atoms with Crippen LogP contribution in [0.25, 0.3) is 0 Å². The first kappa shape index (κ1) is 37.0. The molecule has 3 N–H and O–H groups in total. The van der Waals surface area contributed by atoms with Crippen molar-refractivity contribution in [2.24, 2.45) is 17.8 Å². The van der Waals surface area contributed by atoms with E-state index in [9.17, 15) is 23.6 Å². The van der Waals surface area contributed by atoms with Gasteiger partial charge in [-0.25, -0.2) is 19.5 Å². The summed E-state index contributed by atoms with van der Waals surface area (Å²) in [6.45, 7) is 9.87. The number of amides is 4. The van der Waals surface area contributed by atoms with Crippen LogP contribution in [-0.4, -0.2) is 82.8 Å². The molecule has 13 heteroatoms. The molecular formula is C39H50FN5O7. The Morgan fingerprint density at radius 2 is 1.85 bits per heavy atom. The number of hydrogen-bond acceptors (Lipinski definition) is 8. The van der Waals surface area contributed by atoms with E-state index in [0.717, 1.165) is 19.3 Å². The molecule has 3 aliphatic heterocycles. The molecule has 5 aliphatic rings. The molecule has 3 heterocycles. The Bertz CT molecular complexity index is 1620. The minimum Gasteiger partial charge on any atom is -0.444 e. The maximum absolute atomic E-state index is 14.5. The van der Waals surface area contributed by atoms with E-state index in [1.54, 1.807) is 39.0 Å². The van der Waals surface area contributed by atoms with Crippen LogP contribution in [0.15, 0.2) is 78.8 Å². The van der Waals surface area contributed by atoms with Gasteiger partial charge < -0.3 is 34.7 Å². The van der Waals surface area contributed by atoms with Crippen molar-refractivity contribution in [1.82, 2.24) is 25.9 Å². The quantitative estimate of drug-likeness (QED) is 0.261. The molecule has 52 heavy (non-hydrogen) atoms. The van der Waals surface area contributed by atoms with Gasteiger partial charge in [0.1, 0.15) is 29.6 Å². The number of nitrogens with one attached hydrogen (secondary N) is 3. The van der Waals surface area contributed by atoms with Crippen molar-refractivity contribution in [2.75, 3.05) is 19.6 Å². The van der Waals surface area contributed by atoms with E-state index in [1.165, 1.54) is 15.9 Å². The molecule has 2 aliphatic carbocycles. The van der Waals surface area contributed by atoms with Crippen LogP contribution in [-0.2, 0) is 19.1 Å². The zero-order valence-electron chi connectivity index (χ0n) is 30.1. The first-order valence-corrected chi connectivity index (χ1v) is 18.3. The number of ether oxygens (including phenoxy) is 2. The lowest BCUT2D eigenvalue weighted by atomic mass is 9.91. The van der Waals surface area contributed by atoms with Crippen LogP contribution in [0.1, 0.15) is 65.7 Å². The number of hydroxylamine groups is 1. The lowest BCUT2D eigenvalue weighted by molar-refractivity contribution is -0.140. The first-order valence-electron chi connectivity index (χ1n) is 18.3. The number of para-hydroxylation sites is 1. The number of rotatable bonds is 6. The van der Waals surface area contributed by atoms with Crippen LogP contribution in [0.2, 0.25) is 0 Å². The van der Waals surface area contributed by atoms with Gasteiger partial charge >= 0.3 is 12.2 Å². The second-order valence-electron chi connectivity index (χ2n) is 15.4. The van der Waals surface area contributed by atoms with E-state index in [2.05, 4.69) is 34.8 Å². The number of benzene rings is 1. The summed E-state index contributed by atoms with van der Waals surface area (Å²) in [7, 11) is 0. The van der Waals surface area contributed by atoms with E-state index in [1.807, 2.05) is 24.3 Å². The van der Waals surface area contributed by atoms with Gasteiger partial charge in [-0.15, -0.1) is 0 Å². The molecule has 3 fully saturated rings. The van der Waals surface area contributed by atoms with Gasteiger partial charge in [0.05, 0.1) is 17.8 Å². The Labute approximate surface area is 304 Å². The maximum atomic E-state index is 14.5. The summed E-state index contributed by atoms with van der Waals surface area (Å²) in [6, 6.07) is 7.16. The molecule has 0 bridgehead atoms. The normalized spacial score (nSPS) is 31.0. The number of carbonyl (C=O) groups is 4. The third kappa shape index (κ3) is 8.62. The Morgan fingerprint density at radius 3 is 2.60 bits per heavy atom. The zero-order chi connectivity index (χ0) is 37.0. The van der Waals surface area contributed by atoms with Crippen molar-refractivity contribution in [2.45, 2.75) is 95.0 Å². The fourth-order valence-corrected chi connectivity index (χ4v) is 7.52. The minimum absolute atomic E-state index is 0.0361. The molecule has 0 radical (unpaired) electrons. The highest BCUT2D eigenvalue weighted by atomic mass is 19.1. The number of nitrogens with zero attached hydrogens (tertiary/aromatic N) is 2. The largest absolute Gasteiger partial charge is 0.444 e. The van der Waals surface area contributed by atoms with E-state index in [0.29, 0.717) is 37.3 Å². The number of hydrogen-bond donors (Lipinski definition) is 3. The van der Waals surface area contributed by atoms with Gasteiger partial charge in [0.2, 0.25) is 11.8 Å². The highest BCUT2D eigenvalue weighted by Gasteiger charge is 2.58. The number of halogens is 1. The molecule has 4 amide bonds. The number of likely N-dealkylation sites (tertiary alicyclic amines) is 1. The molecule has 2 unspecified atom stereocenters. The number of fused-ring (bicyclic) bond motifs is 3. The van der Waals surface area contributed by atoms with Crippen LogP contribution in [0.5, 0.6) is 5.75 Å². The van der Waals surface area contributed by atoms with E-state index in [4.69, 9.17) is 14.3 Å². The Balaban J connectivity index is 1.23. The summed E-state index contributed by atoms with van der Waals surface area (Å²) in [4.78, 5) is 63.7. The van der Waals surface area contributed by atoms with Gasteiger partial charge in [0.25, 0.3) is 0 Å². The smallest absolute Gasteiger partial charge is 0.410 e. The van der Waals surface area contributed by atoms with Crippen LogP contribution >= 0.6 is 0 Å². The average molecular weight is 720 g/mol. The molecule has 1 aromatic rings. The highest BCUT2D eigenvalue weighted by molar-refractivity contribution is 5.92. The molecular weight excluding hydrogens is 669 g/mol. The van der Waals surface area contributed by atoms with Crippen molar-refractivity contribution >= 4 is 24.0 Å². The predicted octanol–water partition coefficient (Wildman–Crippen LogP) is 5.45. The Kier molecular flexibility index (Phi) is 11.0. The van der Waals surface area contributed by atoms with Gasteiger partial charge in [-0.3, -0.25) is 9.59 Å². The monoisotopic (exact) mass is 719 g/mol. The van der Waals surface area contributed by atoms with Crippen LogP contribution in [0.4, 0.5) is 14.0 Å². The zero-order valence-corrected chi connectivity index (χ0v) is 30.1. The summed E-state index contributed by atoms with van der Waals surface area (Å²) in [6.07, 6.45) is 11.1. The maximum Gasteiger partial charge on any atom is 0.410 e. The first-order chi connectivity index (χ1) is 24.8. The van der Waals surface area contributed by atoms with Crippen LogP contribution in [0.3, 0.4) is 0 Å². The van der Waals surface area contributed by atoms with Gasteiger partial charge in [-0.1, -0.05) is 61.9 Å². The van der Waals surface area contributed by atoms with E-state index in [-0.39, 0.29) is 37.2 Å². The van der Waals surface area contributed by atoms with Crippen molar-refractivity contribution in [3.05, 3.63) is 78.8 Å². The van der Waals surface area contributed by atoms with Crippen molar-refractivity contribution in [1.29, 1.82) is 0 Å². The lowest BCUT2D eigenvalue weighted by Gasteiger charge is -2.31. The fraction of sp³-hybridized carbons (Fsp3) is 0.538. The number of alkyl carbamates (subject to hydrolysis) is 1. The number of allylic oxidation sites excluding steroid dienone is 3. The molecule has 7 atom stereocenters. The SMILES string of the molecule is C=C(NOc1ccccc1)[C@]12C[C@@H]1/C=C\CCCCC[C@H](NC(=O)OC(C)(C)C)C(=O)N1C[C@H](OC(=O)N3CC4C=CC=C(F)C4C3)C[C@H]1C(=O)N2. The molecule has 6 rings (SSSR count). The fourth-order valence-electron chi connectivity index (χ4n) is 7.52. The summed E-state index contributed by atoms with van der Waals surface area (Å²) >= 11 is 0. The third-order valence-electron chi connectivity index (χ3n) is 10.4. The molecule has 0 aromatic heterocycles. The highest BCUT2D eigenvalue weighted by Crippen LogP contribution is 2.49. The molecule has 2 saturated heterocycles. The summed E-state index contributed by atoms with van der Waals surface area (Å²) in [5, 5.41) is 5.93. The standard InChI is InChI=1S/C39H50FN5O7/c1-25(43-52-28-16-10-8-11-17-28)39-21-27(39)15-9-6-5-7-12-19-32(41-36(48)51-38(2,3)4)35(47)45-23-29(20-33(45)34(46)42-39)50-37(49)44-22-26-14-13-18-31(40)30(26)24-44/h8-11,13-18,26-27,29-30,32-33,43H,1,5-7,12,19-24H2,2-4H3,(H,41,48)(H,42,46)/b15-9-/t26?,27-,29+,30?,32-,33-,39+/m0/s1. The van der Waals surface area contributed by atoms with Crippen molar-refractivity contribution < 1.29 is 37.9 Å². The molecule has 1 saturated carbocycles. The van der Waals surface area contributed by atoms with Crippen molar-refractivity contribution in [3.63, 3.8) is 0 Å².